The highest BCUT2D eigenvalue weighted by Crippen LogP contribution is 2.34. The molecule has 0 aliphatic heterocycles. The van der Waals surface area contributed by atoms with Gasteiger partial charge in [-0.2, -0.15) is 0 Å². The number of halogens is 3. The summed E-state index contributed by atoms with van der Waals surface area (Å²) in [5.74, 6) is -0.0638. The highest BCUT2D eigenvalue weighted by molar-refractivity contribution is 6.39. The van der Waals surface area contributed by atoms with Crippen molar-refractivity contribution in [3.63, 3.8) is 0 Å². The lowest BCUT2D eigenvalue weighted by Crippen LogP contribution is -2.01. The zero-order valence-electron chi connectivity index (χ0n) is 9.47. The van der Waals surface area contributed by atoms with Crippen molar-refractivity contribution in [1.29, 1.82) is 0 Å². The van der Waals surface area contributed by atoms with Crippen LogP contribution < -0.4 is 11.1 Å². The minimum Gasteiger partial charge on any atom is -0.396 e. The van der Waals surface area contributed by atoms with E-state index in [1.807, 2.05) is 6.92 Å². The predicted octanol–water partition coefficient (Wildman–Crippen LogP) is 4.16. The van der Waals surface area contributed by atoms with Gasteiger partial charge in [0.15, 0.2) is 5.82 Å². The molecular formula is C12H10Cl2FN3. The van der Waals surface area contributed by atoms with Gasteiger partial charge in [0.2, 0.25) is 0 Å². The summed E-state index contributed by atoms with van der Waals surface area (Å²) in [6, 6.07) is 5.84. The minimum absolute atomic E-state index is 0.169. The lowest BCUT2D eigenvalue weighted by molar-refractivity contribution is 0.628. The van der Waals surface area contributed by atoms with Crippen LogP contribution in [0, 0.1) is 12.7 Å². The van der Waals surface area contributed by atoms with E-state index in [-0.39, 0.29) is 10.0 Å². The Morgan fingerprint density at radius 3 is 2.44 bits per heavy atom. The first-order valence-corrected chi connectivity index (χ1v) is 5.87. The standard InChI is InChI=1S/C12H10Cl2FN3/c1-6-2-3-10(16)12(17-6)18-11-8(13)4-7(15)5-9(11)14/h2-5H,16H2,1H3,(H,17,18). The van der Waals surface area contributed by atoms with Gasteiger partial charge in [-0.05, 0) is 31.2 Å². The fraction of sp³-hybridized carbons (Fsp3) is 0.0833. The van der Waals surface area contributed by atoms with Gasteiger partial charge in [-0.1, -0.05) is 23.2 Å². The third-order valence-corrected chi connectivity index (χ3v) is 2.91. The number of hydrogen-bond donors (Lipinski definition) is 2. The first-order valence-electron chi connectivity index (χ1n) is 5.12. The number of aryl methyl sites for hydroxylation is 1. The molecule has 0 atom stereocenters. The first kappa shape index (κ1) is 12.9. The van der Waals surface area contributed by atoms with Crippen molar-refractivity contribution in [3.8, 4) is 0 Å². The molecule has 2 aromatic rings. The Hall–Kier alpha value is -1.52. The molecule has 0 saturated carbocycles. The second-order valence-corrected chi connectivity index (χ2v) is 4.57. The van der Waals surface area contributed by atoms with Gasteiger partial charge < -0.3 is 11.1 Å². The number of hydrogen-bond acceptors (Lipinski definition) is 3. The van der Waals surface area contributed by atoms with Crippen LogP contribution >= 0.6 is 23.2 Å². The minimum atomic E-state index is -0.499. The van der Waals surface area contributed by atoms with Crippen molar-refractivity contribution in [2.45, 2.75) is 6.92 Å². The van der Waals surface area contributed by atoms with E-state index in [0.29, 0.717) is 17.2 Å². The van der Waals surface area contributed by atoms with Gasteiger partial charge in [0.1, 0.15) is 5.82 Å². The summed E-state index contributed by atoms with van der Waals surface area (Å²) in [5, 5.41) is 3.25. The molecule has 3 nitrogen and oxygen atoms in total. The Kier molecular flexibility index (Phi) is 3.59. The van der Waals surface area contributed by atoms with Crippen LogP contribution in [0.3, 0.4) is 0 Å². The Morgan fingerprint density at radius 2 is 1.83 bits per heavy atom. The molecular weight excluding hydrogens is 276 g/mol. The van der Waals surface area contributed by atoms with E-state index < -0.39 is 5.82 Å². The van der Waals surface area contributed by atoms with Crippen molar-refractivity contribution in [2.24, 2.45) is 0 Å². The summed E-state index contributed by atoms with van der Waals surface area (Å²) in [7, 11) is 0. The smallest absolute Gasteiger partial charge is 0.153 e. The van der Waals surface area contributed by atoms with Crippen molar-refractivity contribution in [3.05, 3.63) is 45.8 Å². The molecule has 18 heavy (non-hydrogen) atoms. The molecule has 0 amide bonds. The second kappa shape index (κ2) is 5.00. The zero-order chi connectivity index (χ0) is 13.3. The van der Waals surface area contributed by atoms with Gasteiger partial charge in [0.25, 0.3) is 0 Å². The Bertz CT molecular complexity index is 579. The molecule has 0 radical (unpaired) electrons. The SMILES string of the molecule is Cc1ccc(N)c(Nc2c(Cl)cc(F)cc2Cl)n1. The summed E-state index contributed by atoms with van der Waals surface area (Å²) in [5.41, 5.74) is 7.41. The summed E-state index contributed by atoms with van der Waals surface area (Å²) < 4.78 is 13.1. The Balaban J connectivity index is 2.43. The fourth-order valence-electron chi connectivity index (χ4n) is 1.45. The summed E-state index contributed by atoms with van der Waals surface area (Å²) >= 11 is 11.8. The van der Waals surface area contributed by atoms with Crippen LogP contribution in [0.2, 0.25) is 10.0 Å². The van der Waals surface area contributed by atoms with Crippen LogP contribution in [-0.2, 0) is 0 Å². The lowest BCUT2D eigenvalue weighted by atomic mass is 10.3. The summed E-state index contributed by atoms with van der Waals surface area (Å²) in [6.45, 7) is 1.83. The third kappa shape index (κ3) is 2.66. The third-order valence-electron chi connectivity index (χ3n) is 2.32. The van der Waals surface area contributed by atoms with E-state index in [1.54, 1.807) is 12.1 Å². The molecule has 2 rings (SSSR count). The van der Waals surface area contributed by atoms with E-state index >= 15 is 0 Å². The number of pyridine rings is 1. The highest BCUT2D eigenvalue weighted by atomic mass is 35.5. The predicted molar refractivity (Wildman–Crippen MR) is 73.1 cm³/mol. The lowest BCUT2D eigenvalue weighted by Gasteiger charge is -2.12. The summed E-state index contributed by atoms with van der Waals surface area (Å²) in [4.78, 5) is 4.23. The van der Waals surface area contributed by atoms with Crippen LogP contribution in [0.15, 0.2) is 24.3 Å². The van der Waals surface area contributed by atoms with E-state index in [0.717, 1.165) is 5.69 Å². The zero-order valence-corrected chi connectivity index (χ0v) is 11.0. The van der Waals surface area contributed by atoms with Gasteiger partial charge in [-0.15, -0.1) is 0 Å². The number of benzene rings is 1. The number of anilines is 3. The van der Waals surface area contributed by atoms with Crippen LogP contribution in [0.5, 0.6) is 0 Å². The maximum Gasteiger partial charge on any atom is 0.153 e. The van der Waals surface area contributed by atoms with Crippen LogP contribution in [0.25, 0.3) is 0 Å². The molecule has 0 spiro atoms. The second-order valence-electron chi connectivity index (χ2n) is 3.76. The molecule has 6 heteroatoms. The van der Waals surface area contributed by atoms with E-state index in [1.165, 1.54) is 12.1 Å². The van der Waals surface area contributed by atoms with Crippen molar-refractivity contribution < 1.29 is 4.39 Å². The molecule has 1 heterocycles. The molecule has 1 aromatic carbocycles. The number of nitrogens with one attached hydrogen (secondary N) is 1. The van der Waals surface area contributed by atoms with Gasteiger partial charge in [-0.25, -0.2) is 9.37 Å². The molecule has 3 N–H and O–H groups in total. The van der Waals surface area contributed by atoms with Crippen LogP contribution in [0.1, 0.15) is 5.69 Å². The number of nitrogens with zero attached hydrogens (tertiary/aromatic N) is 1. The van der Waals surface area contributed by atoms with Crippen molar-refractivity contribution >= 4 is 40.4 Å². The molecule has 0 aliphatic carbocycles. The maximum atomic E-state index is 13.1. The van der Waals surface area contributed by atoms with Gasteiger partial charge in [0, 0.05) is 5.69 Å². The first-order chi connectivity index (χ1) is 8.47. The quantitative estimate of drug-likeness (QED) is 0.871. The molecule has 1 aromatic heterocycles. The number of aromatic nitrogens is 1. The largest absolute Gasteiger partial charge is 0.396 e. The van der Waals surface area contributed by atoms with E-state index in [9.17, 15) is 4.39 Å². The Morgan fingerprint density at radius 1 is 1.22 bits per heavy atom. The average Bonchev–Trinajstić information content (AvgIpc) is 2.28. The van der Waals surface area contributed by atoms with Crippen LogP contribution in [0.4, 0.5) is 21.6 Å². The number of rotatable bonds is 2. The normalized spacial score (nSPS) is 10.4. The van der Waals surface area contributed by atoms with Gasteiger partial charge in [-0.3, -0.25) is 0 Å². The van der Waals surface area contributed by atoms with Gasteiger partial charge in [0.05, 0.1) is 21.4 Å². The van der Waals surface area contributed by atoms with Crippen LogP contribution in [-0.4, -0.2) is 4.98 Å². The van der Waals surface area contributed by atoms with Gasteiger partial charge >= 0.3 is 0 Å². The molecule has 0 unspecified atom stereocenters. The molecule has 0 fully saturated rings. The van der Waals surface area contributed by atoms with Crippen molar-refractivity contribution in [1.82, 2.24) is 4.98 Å². The van der Waals surface area contributed by atoms with E-state index in [4.69, 9.17) is 28.9 Å². The summed E-state index contributed by atoms with van der Waals surface area (Å²) in [6.07, 6.45) is 0. The fourth-order valence-corrected chi connectivity index (χ4v) is 2.00. The average molecular weight is 286 g/mol. The maximum absolute atomic E-state index is 13.1. The molecule has 94 valence electrons. The molecule has 0 bridgehead atoms. The van der Waals surface area contributed by atoms with E-state index in [2.05, 4.69) is 10.3 Å². The number of nitrogens with two attached hydrogens (primary N) is 1. The monoisotopic (exact) mass is 285 g/mol. The highest BCUT2D eigenvalue weighted by Gasteiger charge is 2.11. The Labute approximate surface area is 114 Å². The topological polar surface area (TPSA) is 50.9 Å². The van der Waals surface area contributed by atoms with Crippen molar-refractivity contribution in [2.75, 3.05) is 11.1 Å². The molecule has 0 saturated heterocycles. The number of nitrogen functional groups attached to an aromatic ring is 1. The molecule has 0 aliphatic rings.